The van der Waals surface area contributed by atoms with Gasteiger partial charge >= 0.3 is 0 Å². The summed E-state index contributed by atoms with van der Waals surface area (Å²) in [5.74, 6) is 6.62. The Bertz CT molecular complexity index is 643. The van der Waals surface area contributed by atoms with Crippen molar-refractivity contribution in [1.29, 1.82) is 0 Å². The van der Waals surface area contributed by atoms with Gasteiger partial charge in [-0.2, -0.15) is 0 Å². The summed E-state index contributed by atoms with van der Waals surface area (Å²) in [5, 5.41) is 12.1. The second-order valence-corrected chi connectivity index (χ2v) is 5.93. The molecule has 0 amide bonds. The third-order valence-corrected chi connectivity index (χ3v) is 4.41. The fourth-order valence-corrected chi connectivity index (χ4v) is 3.17. The first-order valence-corrected chi connectivity index (χ1v) is 7.83. The van der Waals surface area contributed by atoms with Crippen LogP contribution in [0.3, 0.4) is 0 Å². The second-order valence-electron chi connectivity index (χ2n) is 5.93. The molecule has 21 heavy (non-hydrogen) atoms. The predicted molar refractivity (Wildman–Crippen MR) is 86.1 cm³/mol. The van der Waals surface area contributed by atoms with E-state index >= 15 is 0 Å². The second kappa shape index (κ2) is 6.18. The molecule has 0 saturated carbocycles. The average molecular weight is 279 g/mol. The van der Waals surface area contributed by atoms with Gasteiger partial charge in [-0.3, -0.25) is 0 Å². The van der Waals surface area contributed by atoms with Crippen LogP contribution in [0, 0.1) is 17.0 Å². The molecule has 0 N–H and O–H groups in total. The Morgan fingerprint density at radius 2 is 2.00 bits per heavy atom. The highest BCUT2D eigenvalue weighted by atomic mass is 16.5. The van der Waals surface area contributed by atoms with Gasteiger partial charge in [-0.05, 0) is 31.7 Å². The van der Waals surface area contributed by atoms with Crippen molar-refractivity contribution in [1.82, 2.24) is 0 Å². The van der Waals surface area contributed by atoms with E-state index in [1.165, 1.54) is 21.4 Å². The van der Waals surface area contributed by atoms with Crippen LogP contribution < -0.4 is 0 Å². The van der Waals surface area contributed by atoms with Crippen molar-refractivity contribution in [2.45, 2.75) is 51.5 Å². The van der Waals surface area contributed by atoms with Crippen molar-refractivity contribution < 1.29 is 4.74 Å². The summed E-state index contributed by atoms with van der Waals surface area (Å²) >= 11 is 0. The molecule has 0 spiro atoms. The molecule has 1 heterocycles. The first-order valence-electron chi connectivity index (χ1n) is 7.83. The number of hydroxylamine groups is 1. The molecule has 2 nitrogen and oxygen atoms in total. The van der Waals surface area contributed by atoms with E-state index in [4.69, 9.17) is 0 Å². The molecular formula is C19H21NO. The molecule has 2 heteroatoms. The average Bonchev–Trinajstić information content (AvgIpc) is 3.08. The molecule has 0 fully saturated rings. The Labute approximate surface area is 126 Å². The lowest BCUT2D eigenvalue weighted by Crippen LogP contribution is -2.16. The van der Waals surface area contributed by atoms with Crippen LogP contribution in [0.4, 0.5) is 0 Å². The maximum atomic E-state index is 12.1. The summed E-state index contributed by atoms with van der Waals surface area (Å²) in [4.78, 5) is 0. The lowest BCUT2D eigenvalue weighted by molar-refractivity contribution is -0.487. The van der Waals surface area contributed by atoms with E-state index in [0.29, 0.717) is 0 Å². The molecule has 0 radical (unpaired) electrons. The van der Waals surface area contributed by atoms with E-state index in [-0.39, 0.29) is 6.04 Å². The Hall–Kier alpha value is -2.01. The van der Waals surface area contributed by atoms with Crippen LogP contribution >= 0.6 is 0 Å². The van der Waals surface area contributed by atoms with Crippen molar-refractivity contribution in [3.8, 4) is 11.8 Å². The minimum Gasteiger partial charge on any atom is -0.623 e. The number of nitrogens with zero attached hydrogens (tertiary/aromatic N) is 1. The Balaban J connectivity index is 1.79. The smallest absolute Gasteiger partial charge is 0.191 e. The van der Waals surface area contributed by atoms with Crippen LogP contribution in [-0.4, -0.2) is 16.5 Å². The molecule has 1 aromatic carbocycles. The van der Waals surface area contributed by atoms with Crippen LogP contribution in [0.5, 0.6) is 0 Å². The third kappa shape index (κ3) is 3.03. The number of rotatable bonds is 2. The number of hydrogen-bond acceptors (Lipinski definition) is 1. The third-order valence-electron chi connectivity index (χ3n) is 4.41. The normalized spacial score (nSPS) is 21.7. The maximum Gasteiger partial charge on any atom is 0.191 e. The fraction of sp³-hybridized carbons (Fsp3) is 0.421. The molecule has 0 bridgehead atoms. The molecule has 1 aliphatic heterocycles. The number of benzene rings is 1. The van der Waals surface area contributed by atoms with Gasteiger partial charge in [0.05, 0.1) is 0 Å². The van der Waals surface area contributed by atoms with Crippen molar-refractivity contribution in [2.24, 2.45) is 0 Å². The van der Waals surface area contributed by atoms with Crippen LogP contribution in [0.2, 0.25) is 0 Å². The Morgan fingerprint density at radius 1 is 1.19 bits per heavy atom. The van der Waals surface area contributed by atoms with E-state index in [2.05, 4.69) is 24.0 Å². The Morgan fingerprint density at radius 3 is 2.71 bits per heavy atom. The number of hydrogen-bond donors (Lipinski definition) is 0. The van der Waals surface area contributed by atoms with Crippen molar-refractivity contribution in [2.75, 3.05) is 0 Å². The predicted octanol–water partition coefficient (Wildman–Crippen LogP) is 3.85. The van der Waals surface area contributed by atoms with E-state index in [1.807, 2.05) is 25.1 Å². The van der Waals surface area contributed by atoms with Gasteiger partial charge < -0.3 is 5.21 Å². The van der Waals surface area contributed by atoms with Crippen molar-refractivity contribution in [3.05, 3.63) is 52.2 Å². The molecule has 1 aliphatic carbocycles. The zero-order valence-electron chi connectivity index (χ0n) is 12.6. The quantitative estimate of drug-likeness (QED) is 0.459. The molecule has 0 aromatic heterocycles. The van der Waals surface area contributed by atoms with Crippen LogP contribution in [0.1, 0.15) is 44.6 Å². The lowest BCUT2D eigenvalue weighted by atomic mass is 10.0. The molecule has 1 aromatic rings. The van der Waals surface area contributed by atoms with Crippen LogP contribution in [0.25, 0.3) is 0 Å². The highest BCUT2D eigenvalue weighted by Crippen LogP contribution is 2.30. The standard InChI is InChI=1S/C19H21NO/c1-15-13-14-19(20(15)21)18-12-6-11-17(18)10-5-9-16-7-3-2-4-8-16/h2-4,7-8,15H,6,9,11-14H2,1H3. The first kappa shape index (κ1) is 13.9. The van der Waals surface area contributed by atoms with E-state index in [1.54, 1.807) is 0 Å². The van der Waals surface area contributed by atoms with Crippen molar-refractivity contribution >= 4 is 5.71 Å². The summed E-state index contributed by atoms with van der Waals surface area (Å²) in [6.45, 7) is 2.01. The monoisotopic (exact) mass is 279 g/mol. The minimum absolute atomic E-state index is 0.131. The number of allylic oxidation sites excluding steroid dienone is 2. The van der Waals surface area contributed by atoms with Crippen molar-refractivity contribution in [3.63, 3.8) is 0 Å². The lowest BCUT2D eigenvalue weighted by Gasteiger charge is -2.07. The van der Waals surface area contributed by atoms with Gasteiger partial charge in [0, 0.05) is 30.4 Å². The first-order chi connectivity index (χ1) is 10.3. The molecule has 3 rings (SSSR count). The largest absolute Gasteiger partial charge is 0.623 e. The summed E-state index contributed by atoms with van der Waals surface area (Å²) < 4.78 is 1.22. The fourth-order valence-electron chi connectivity index (χ4n) is 3.17. The van der Waals surface area contributed by atoms with Gasteiger partial charge in [-0.25, -0.2) is 4.74 Å². The molecule has 0 saturated heterocycles. The Kier molecular flexibility index (Phi) is 4.10. The van der Waals surface area contributed by atoms with Gasteiger partial charge in [0.25, 0.3) is 0 Å². The summed E-state index contributed by atoms with van der Waals surface area (Å²) in [7, 11) is 0. The molecule has 108 valence electrons. The minimum atomic E-state index is 0.131. The van der Waals surface area contributed by atoms with Gasteiger partial charge in [-0.1, -0.05) is 42.2 Å². The van der Waals surface area contributed by atoms with Gasteiger partial charge in [0.2, 0.25) is 0 Å². The van der Waals surface area contributed by atoms with E-state index in [0.717, 1.165) is 44.2 Å². The topological polar surface area (TPSA) is 26.1 Å². The molecular weight excluding hydrogens is 258 g/mol. The highest BCUT2D eigenvalue weighted by molar-refractivity contribution is 5.99. The van der Waals surface area contributed by atoms with Gasteiger partial charge in [0.15, 0.2) is 11.8 Å². The zero-order chi connectivity index (χ0) is 14.7. The van der Waals surface area contributed by atoms with Crippen LogP contribution in [-0.2, 0) is 6.42 Å². The maximum absolute atomic E-state index is 12.1. The summed E-state index contributed by atoms with van der Waals surface area (Å²) in [6, 6.07) is 10.4. The SMILES string of the molecule is CC1CCC(C2=C(C#CCc3ccccc3)CCC2)=[N+]1[O-]. The van der Waals surface area contributed by atoms with Crippen LogP contribution in [0.15, 0.2) is 41.5 Å². The highest BCUT2D eigenvalue weighted by Gasteiger charge is 2.31. The van der Waals surface area contributed by atoms with Gasteiger partial charge in [0.1, 0.15) is 0 Å². The zero-order valence-corrected chi connectivity index (χ0v) is 12.6. The van der Waals surface area contributed by atoms with E-state index < -0.39 is 0 Å². The summed E-state index contributed by atoms with van der Waals surface area (Å²) in [6.07, 6.45) is 5.87. The van der Waals surface area contributed by atoms with E-state index in [9.17, 15) is 5.21 Å². The molecule has 1 atom stereocenters. The summed E-state index contributed by atoms with van der Waals surface area (Å²) in [5.41, 5.74) is 4.70. The molecule has 1 unspecified atom stereocenters. The molecule has 2 aliphatic rings. The van der Waals surface area contributed by atoms with Gasteiger partial charge in [-0.15, -0.1) is 0 Å².